The van der Waals surface area contributed by atoms with Gasteiger partial charge in [0.15, 0.2) is 0 Å². The Balaban J connectivity index is 1.54. The highest BCUT2D eigenvalue weighted by Crippen LogP contribution is 2.30. The second-order valence-electron chi connectivity index (χ2n) is 8.96. The van der Waals surface area contributed by atoms with Crippen LogP contribution >= 0.6 is 0 Å². The van der Waals surface area contributed by atoms with Gasteiger partial charge in [0, 0.05) is 51.9 Å². The third-order valence-corrected chi connectivity index (χ3v) is 8.41. The SMILES string of the molecule is CCN1CCN(CCCCNc2ccc(S(=O)(=O)N3CCC[C@@H](C)C3)cc2[N+](=O)[O-])CC1. The highest BCUT2D eigenvalue weighted by molar-refractivity contribution is 7.89. The van der Waals surface area contributed by atoms with Crippen molar-refractivity contribution in [1.82, 2.24) is 14.1 Å². The minimum absolute atomic E-state index is 0.00456. The van der Waals surface area contributed by atoms with Crippen molar-refractivity contribution in [1.29, 1.82) is 0 Å². The number of rotatable bonds is 10. The Labute approximate surface area is 192 Å². The first kappa shape index (κ1) is 24.9. The van der Waals surface area contributed by atoms with Crippen molar-refractivity contribution in [3.63, 3.8) is 0 Å². The lowest BCUT2D eigenvalue weighted by Crippen LogP contribution is -2.46. The van der Waals surface area contributed by atoms with Crippen LogP contribution in [0.4, 0.5) is 11.4 Å². The number of sulfonamides is 1. The number of unbranched alkanes of at least 4 members (excludes halogenated alkanes) is 1. The molecule has 0 unspecified atom stereocenters. The van der Waals surface area contributed by atoms with E-state index in [-0.39, 0.29) is 10.6 Å². The highest BCUT2D eigenvalue weighted by atomic mass is 32.2. The molecule has 1 N–H and O–H groups in total. The lowest BCUT2D eigenvalue weighted by Gasteiger charge is -2.34. The van der Waals surface area contributed by atoms with Crippen molar-refractivity contribution in [2.24, 2.45) is 5.92 Å². The quantitative estimate of drug-likeness (QED) is 0.321. The lowest BCUT2D eigenvalue weighted by atomic mass is 10.0. The number of nitro benzene ring substituents is 1. The molecule has 10 heteroatoms. The topological polar surface area (TPSA) is 99.0 Å². The second-order valence-corrected chi connectivity index (χ2v) is 10.9. The van der Waals surface area contributed by atoms with E-state index in [0.29, 0.717) is 31.2 Å². The number of hydrogen-bond acceptors (Lipinski definition) is 7. The third kappa shape index (κ3) is 6.40. The van der Waals surface area contributed by atoms with Crippen molar-refractivity contribution >= 4 is 21.4 Å². The summed E-state index contributed by atoms with van der Waals surface area (Å²) >= 11 is 0. The molecule has 1 aromatic rings. The van der Waals surface area contributed by atoms with Gasteiger partial charge in [-0.3, -0.25) is 10.1 Å². The van der Waals surface area contributed by atoms with E-state index in [1.54, 1.807) is 0 Å². The molecule has 0 saturated carbocycles. The van der Waals surface area contributed by atoms with Gasteiger partial charge in [-0.25, -0.2) is 8.42 Å². The Bertz CT molecular complexity index is 871. The van der Waals surface area contributed by atoms with E-state index in [4.69, 9.17) is 0 Å². The van der Waals surface area contributed by atoms with Crippen LogP contribution in [0.15, 0.2) is 23.1 Å². The molecule has 2 aliphatic rings. The van der Waals surface area contributed by atoms with Crippen LogP contribution in [0.25, 0.3) is 0 Å². The fourth-order valence-corrected chi connectivity index (χ4v) is 6.12. The molecule has 3 rings (SSSR count). The summed E-state index contributed by atoms with van der Waals surface area (Å²) in [5.74, 6) is 0.296. The number of piperazine rings is 1. The molecule has 1 atom stereocenters. The van der Waals surface area contributed by atoms with Gasteiger partial charge in [-0.2, -0.15) is 4.31 Å². The largest absolute Gasteiger partial charge is 0.379 e. The van der Waals surface area contributed by atoms with Crippen molar-refractivity contribution in [3.8, 4) is 0 Å². The first-order valence-corrected chi connectivity index (χ1v) is 13.2. The normalized spacial score (nSPS) is 21.5. The van der Waals surface area contributed by atoms with Crippen LogP contribution in [0, 0.1) is 16.0 Å². The number of anilines is 1. The standard InChI is InChI=1S/C22H37N5O4S/c1-3-24-13-15-25(16-14-24)11-5-4-10-23-21-9-8-20(17-22(21)27(28)29)32(30,31)26-12-6-7-19(2)18-26/h8-9,17,19,23H,3-7,10-16,18H2,1-2H3/t19-/m1/s1. The Hall–Kier alpha value is -1.75. The first-order chi connectivity index (χ1) is 15.3. The predicted octanol–water partition coefficient (Wildman–Crippen LogP) is 2.85. The summed E-state index contributed by atoms with van der Waals surface area (Å²) in [6, 6.07) is 4.21. The number of piperidine rings is 1. The van der Waals surface area contributed by atoms with Gasteiger partial charge in [-0.05, 0) is 56.8 Å². The molecule has 0 aliphatic carbocycles. The molecule has 0 amide bonds. The van der Waals surface area contributed by atoms with Crippen LogP contribution < -0.4 is 5.32 Å². The molecule has 0 radical (unpaired) electrons. The molecule has 2 saturated heterocycles. The predicted molar refractivity (Wildman–Crippen MR) is 127 cm³/mol. The van der Waals surface area contributed by atoms with Crippen molar-refractivity contribution in [2.45, 2.75) is 44.4 Å². The summed E-state index contributed by atoms with van der Waals surface area (Å²) in [4.78, 5) is 16.0. The smallest absolute Gasteiger partial charge is 0.293 e. The van der Waals surface area contributed by atoms with E-state index in [0.717, 1.165) is 65.0 Å². The number of likely N-dealkylation sites (N-methyl/N-ethyl adjacent to an activating group) is 1. The van der Waals surface area contributed by atoms with Crippen molar-refractivity contribution in [2.75, 3.05) is 64.2 Å². The summed E-state index contributed by atoms with van der Waals surface area (Å²) in [5.41, 5.74) is 0.185. The maximum atomic E-state index is 13.0. The molecule has 1 aromatic carbocycles. The minimum Gasteiger partial charge on any atom is -0.379 e. The monoisotopic (exact) mass is 467 g/mol. The van der Waals surface area contributed by atoms with E-state index >= 15 is 0 Å². The number of nitrogens with zero attached hydrogens (tertiary/aromatic N) is 4. The molecule has 9 nitrogen and oxygen atoms in total. The molecular formula is C22H37N5O4S. The first-order valence-electron chi connectivity index (χ1n) is 11.8. The van der Waals surface area contributed by atoms with Crippen LogP contribution in [0.3, 0.4) is 0 Å². The van der Waals surface area contributed by atoms with Crippen LogP contribution in [0.2, 0.25) is 0 Å². The average molecular weight is 468 g/mol. The molecule has 2 fully saturated rings. The highest BCUT2D eigenvalue weighted by Gasteiger charge is 2.30. The Morgan fingerprint density at radius 2 is 1.84 bits per heavy atom. The molecule has 32 heavy (non-hydrogen) atoms. The zero-order valence-corrected chi connectivity index (χ0v) is 20.1. The summed E-state index contributed by atoms with van der Waals surface area (Å²) in [5, 5.41) is 14.8. The molecule has 0 bridgehead atoms. The maximum absolute atomic E-state index is 13.0. The van der Waals surface area contributed by atoms with Gasteiger partial charge in [0.05, 0.1) is 9.82 Å². The number of nitro groups is 1. The number of benzene rings is 1. The zero-order chi connectivity index (χ0) is 23.1. The molecule has 2 heterocycles. The molecule has 0 spiro atoms. The Morgan fingerprint density at radius 1 is 1.12 bits per heavy atom. The molecular weight excluding hydrogens is 430 g/mol. The minimum atomic E-state index is -3.72. The zero-order valence-electron chi connectivity index (χ0n) is 19.3. The summed E-state index contributed by atoms with van der Waals surface area (Å²) in [6.45, 7) is 12.3. The number of nitrogens with one attached hydrogen (secondary N) is 1. The van der Waals surface area contributed by atoms with Gasteiger partial charge in [-0.15, -0.1) is 0 Å². The summed E-state index contributed by atoms with van der Waals surface area (Å²) in [6.07, 6.45) is 3.74. The molecule has 2 aliphatic heterocycles. The fraction of sp³-hybridized carbons (Fsp3) is 0.727. The lowest BCUT2D eigenvalue weighted by molar-refractivity contribution is -0.384. The Morgan fingerprint density at radius 3 is 2.50 bits per heavy atom. The van der Waals surface area contributed by atoms with Crippen LogP contribution in [0.1, 0.15) is 39.5 Å². The van der Waals surface area contributed by atoms with Crippen LogP contribution in [-0.4, -0.2) is 86.3 Å². The second kappa shape index (κ2) is 11.4. The van der Waals surface area contributed by atoms with Gasteiger partial charge in [0.1, 0.15) is 5.69 Å². The van der Waals surface area contributed by atoms with Crippen molar-refractivity contribution < 1.29 is 13.3 Å². The van der Waals surface area contributed by atoms with E-state index in [2.05, 4.69) is 22.0 Å². The average Bonchev–Trinajstić information content (AvgIpc) is 2.79. The Kier molecular flexibility index (Phi) is 8.87. The number of hydrogen-bond donors (Lipinski definition) is 1. The third-order valence-electron chi connectivity index (χ3n) is 6.55. The fourth-order valence-electron chi connectivity index (χ4n) is 4.50. The van der Waals surface area contributed by atoms with Gasteiger partial charge in [-0.1, -0.05) is 13.8 Å². The van der Waals surface area contributed by atoms with E-state index < -0.39 is 14.9 Å². The summed E-state index contributed by atoms with van der Waals surface area (Å²) in [7, 11) is -3.72. The van der Waals surface area contributed by atoms with Crippen LogP contribution in [0.5, 0.6) is 0 Å². The van der Waals surface area contributed by atoms with E-state index in [1.165, 1.54) is 22.5 Å². The molecule has 180 valence electrons. The van der Waals surface area contributed by atoms with Gasteiger partial charge in [0.2, 0.25) is 10.0 Å². The van der Waals surface area contributed by atoms with Crippen LogP contribution in [-0.2, 0) is 10.0 Å². The van der Waals surface area contributed by atoms with Crippen molar-refractivity contribution in [3.05, 3.63) is 28.3 Å². The van der Waals surface area contributed by atoms with Gasteiger partial charge in [0.25, 0.3) is 5.69 Å². The van der Waals surface area contributed by atoms with Gasteiger partial charge < -0.3 is 15.1 Å². The van der Waals surface area contributed by atoms with Gasteiger partial charge >= 0.3 is 0 Å². The summed E-state index contributed by atoms with van der Waals surface area (Å²) < 4.78 is 27.4. The molecule has 0 aromatic heterocycles. The maximum Gasteiger partial charge on any atom is 0.293 e. The van der Waals surface area contributed by atoms with E-state index in [1.807, 2.05) is 6.92 Å². The van der Waals surface area contributed by atoms with E-state index in [9.17, 15) is 18.5 Å².